The number of aromatic nitrogens is 1. The number of hydrogen-bond acceptors (Lipinski definition) is 7. The number of rotatable bonds is 9. The Bertz CT molecular complexity index is 1250. The van der Waals surface area contributed by atoms with Crippen LogP contribution in [0.2, 0.25) is 18.1 Å². The van der Waals surface area contributed by atoms with E-state index in [-0.39, 0.29) is 22.2 Å². The van der Waals surface area contributed by atoms with Crippen molar-refractivity contribution in [2.24, 2.45) is 11.8 Å². The first-order valence-electron chi connectivity index (χ1n) is 14.6. The Morgan fingerprint density at radius 2 is 1.69 bits per heavy atom. The van der Waals surface area contributed by atoms with Crippen molar-refractivity contribution >= 4 is 37.7 Å². The summed E-state index contributed by atoms with van der Waals surface area (Å²) in [5.74, 6) is -1.67. The van der Waals surface area contributed by atoms with Gasteiger partial charge in [0, 0.05) is 12.1 Å². The lowest BCUT2D eigenvalue weighted by molar-refractivity contribution is -0.138. The SMILES string of the molecule is C[C@H]([C@H](O)[C@@H](C)C(=O)N1C(=S)OC[C@H]1Cc1ccccc1)[C@H](O[Si](C)(C)C(C)(C)C)c1cccn1C(=O)OC(C)(C)C. The molecule has 3 rings (SSSR count). The highest BCUT2D eigenvalue weighted by molar-refractivity contribution is 7.80. The molecule has 2 heterocycles. The maximum atomic E-state index is 13.9. The summed E-state index contributed by atoms with van der Waals surface area (Å²) >= 11 is 5.43. The molecule has 0 aliphatic carbocycles. The fourth-order valence-electron chi connectivity index (χ4n) is 4.80. The van der Waals surface area contributed by atoms with Crippen molar-refractivity contribution in [2.75, 3.05) is 6.61 Å². The van der Waals surface area contributed by atoms with Gasteiger partial charge in [0.25, 0.3) is 5.17 Å². The highest BCUT2D eigenvalue weighted by Gasteiger charge is 2.45. The molecule has 2 aromatic rings. The molecule has 0 unspecified atom stereocenters. The molecule has 10 heteroatoms. The number of nitrogens with zero attached hydrogens (tertiary/aromatic N) is 2. The fourth-order valence-corrected chi connectivity index (χ4v) is 6.43. The van der Waals surface area contributed by atoms with E-state index in [9.17, 15) is 14.7 Å². The van der Waals surface area contributed by atoms with E-state index in [4.69, 9.17) is 26.1 Å². The Morgan fingerprint density at radius 3 is 2.26 bits per heavy atom. The Hall–Kier alpha value is -2.53. The first-order chi connectivity index (χ1) is 19.3. The van der Waals surface area contributed by atoms with Gasteiger partial charge in [-0.25, -0.2) is 4.79 Å². The molecule has 1 aromatic heterocycles. The third-order valence-electron chi connectivity index (χ3n) is 8.32. The van der Waals surface area contributed by atoms with E-state index in [0.29, 0.717) is 18.7 Å². The molecule has 0 bridgehead atoms. The third-order valence-corrected chi connectivity index (χ3v) is 13.1. The second kappa shape index (κ2) is 13.0. The number of aliphatic hydroxyl groups is 1. The van der Waals surface area contributed by atoms with Crippen molar-refractivity contribution in [1.29, 1.82) is 0 Å². The van der Waals surface area contributed by atoms with E-state index in [0.717, 1.165) is 5.56 Å². The molecule has 232 valence electrons. The van der Waals surface area contributed by atoms with E-state index in [1.165, 1.54) is 9.47 Å². The highest BCUT2D eigenvalue weighted by Crippen LogP contribution is 2.43. The topological polar surface area (TPSA) is 90.2 Å². The summed E-state index contributed by atoms with van der Waals surface area (Å²) < 4.78 is 19.6. The maximum absolute atomic E-state index is 13.9. The molecule has 1 N–H and O–H groups in total. The molecule has 0 radical (unpaired) electrons. The van der Waals surface area contributed by atoms with E-state index in [1.54, 1.807) is 19.2 Å². The van der Waals surface area contributed by atoms with Crippen LogP contribution in [0.1, 0.15) is 72.8 Å². The van der Waals surface area contributed by atoms with Crippen molar-refractivity contribution in [3.8, 4) is 0 Å². The molecular weight excluding hydrogens is 569 g/mol. The Kier molecular flexibility index (Phi) is 10.5. The lowest BCUT2D eigenvalue weighted by Crippen LogP contribution is -2.49. The largest absolute Gasteiger partial charge is 0.468 e. The second-order valence-corrected chi connectivity index (χ2v) is 19.0. The van der Waals surface area contributed by atoms with Crippen molar-refractivity contribution in [3.63, 3.8) is 0 Å². The number of thiocarbonyl (C=S) groups is 1. The minimum Gasteiger partial charge on any atom is -0.468 e. The summed E-state index contributed by atoms with van der Waals surface area (Å²) in [5, 5.41) is 11.7. The molecular formula is C32H48N2O6SSi. The number of hydrogen-bond donors (Lipinski definition) is 1. The van der Waals surface area contributed by atoms with Gasteiger partial charge in [0.15, 0.2) is 8.32 Å². The highest BCUT2D eigenvalue weighted by atomic mass is 32.1. The van der Waals surface area contributed by atoms with E-state index in [2.05, 4.69) is 33.9 Å². The van der Waals surface area contributed by atoms with E-state index in [1.807, 2.05) is 64.1 Å². The third kappa shape index (κ3) is 7.89. The van der Waals surface area contributed by atoms with Crippen LogP contribution in [0.5, 0.6) is 0 Å². The zero-order valence-electron chi connectivity index (χ0n) is 26.7. The number of ether oxygens (including phenoxy) is 2. The molecule has 42 heavy (non-hydrogen) atoms. The molecule has 5 atom stereocenters. The monoisotopic (exact) mass is 616 g/mol. The van der Waals surface area contributed by atoms with Gasteiger partial charge in [0.05, 0.1) is 29.9 Å². The quantitative estimate of drug-likeness (QED) is 0.247. The fraction of sp³-hybridized carbons (Fsp3) is 0.594. The molecule has 1 saturated heterocycles. The summed E-state index contributed by atoms with van der Waals surface area (Å²) in [6, 6.07) is 13.2. The Balaban J connectivity index is 1.92. The molecule has 1 aromatic carbocycles. The average molecular weight is 617 g/mol. The molecule has 0 saturated carbocycles. The van der Waals surface area contributed by atoms with Crippen LogP contribution in [0.25, 0.3) is 0 Å². The Morgan fingerprint density at radius 1 is 1.07 bits per heavy atom. The van der Waals surface area contributed by atoms with Gasteiger partial charge in [-0.05, 0) is 75.2 Å². The minimum absolute atomic E-state index is 0.125. The van der Waals surface area contributed by atoms with Crippen molar-refractivity contribution in [2.45, 2.75) is 104 Å². The predicted octanol–water partition coefficient (Wildman–Crippen LogP) is 6.72. The van der Waals surface area contributed by atoms with Crippen molar-refractivity contribution in [1.82, 2.24) is 9.47 Å². The number of amides is 1. The summed E-state index contributed by atoms with van der Waals surface area (Å²) in [6.45, 7) is 20.0. The summed E-state index contributed by atoms with van der Waals surface area (Å²) in [4.78, 5) is 28.6. The second-order valence-electron chi connectivity index (χ2n) is 13.8. The normalized spacial score (nSPS) is 19.2. The van der Waals surface area contributed by atoms with Crippen LogP contribution in [0.3, 0.4) is 0 Å². The number of benzene rings is 1. The van der Waals surface area contributed by atoms with Crippen LogP contribution in [-0.4, -0.2) is 64.4 Å². The van der Waals surface area contributed by atoms with Gasteiger partial charge >= 0.3 is 6.09 Å². The van der Waals surface area contributed by atoms with Gasteiger partial charge in [0.2, 0.25) is 5.91 Å². The van der Waals surface area contributed by atoms with Crippen LogP contribution in [0.15, 0.2) is 48.7 Å². The van der Waals surface area contributed by atoms with Gasteiger partial charge < -0.3 is 19.0 Å². The van der Waals surface area contributed by atoms with Gasteiger partial charge in [-0.15, -0.1) is 0 Å². The smallest absolute Gasteiger partial charge is 0.418 e. The van der Waals surface area contributed by atoms with E-state index < -0.39 is 44.1 Å². The van der Waals surface area contributed by atoms with Gasteiger partial charge in [0.1, 0.15) is 12.2 Å². The van der Waals surface area contributed by atoms with Crippen LogP contribution < -0.4 is 0 Å². The molecule has 1 aliphatic rings. The molecule has 0 spiro atoms. The summed E-state index contributed by atoms with van der Waals surface area (Å²) in [5.41, 5.74) is 0.954. The van der Waals surface area contributed by atoms with Gasteiger partial charge in [-0.3, -0.25) is 14.3 Å². The standard InChI is InChI=1S/C32H48N2O6SSi/c1-21(26(35)22(2)28(36)34-24(20-38-30(34)41)19-23-15-12-11-13-16-23)27(40-42(9,10)32(6,7)8)25-17-14-18-33(25)29(37)39-31(3,4)5/h11-18,21-22,24,26-27,35H,19-20H2,1-10H3/t21-,22-,24-,26+,27+/m1/s1. The summed E-state index contributed by atoms with van der Waals surface area (Å²) in [6.07, 6.45) is -0.0742. The maximum Gasteiger partial charge on any atom is 0.418 e. The van der Waals surface area contributed by atoms with Crippen LogP contribution in [0, 0.1) is 11.8 Å². The Labute approximate surface area is 257 Å². The molecule has 1 fully saturated rings. The van der Waals surface area contributed by atoms with Crippen LogP contribution in [-0.2, 0) is 25.1 Å². The minimum atomic E-state index is -2.40. The number of carbonyl (C=O) groups is 2. The van der Waals surface area contributed by atoms with Crippen LogP contribution in [0.4, 0.5) is 4.79 Å². The van der Waals surface area contributed by atoms with Gasteiger partial charge in [-0.1, -0.05) is 65.0 Å². The first kappa shape index (κ1) is 34.0. The lowest BCUT2D eigenvalue weighted by Gasteiger charge is -2.42. The van der Waals surface area contributed by atoms with E-state index >= 15 is 0 Å². The number of carbonyl (C=O) groups excluding carboxylic acids is 2. The number of aliphatic hydroxyl groups excluding tert-OH is 1. The zero-order valence-corrected chi connectivity index (χ0v) is 28.5. The predicted molar refractivity (Wildman–Crippen MR) is 171 cm³/mol. The molecule has 1 aliphatic heterocycles. The van der Waals surface area contributed by atoms with Gasteiger partial charge in [-0.2, -0.15) is 0 Å². The first-order valence-corrected chi connectivity index (χ1v) is 18.0. The molecule has 1 amide bonds. The summed E-state index contributed by atoms with van der Waals surface area (Å²) in [7, 11) is -2.40. The van der Waals surface area contributed by atoms with Crippen molar-refractivity contribution in [3.05, 3.63) is 59.9 Å². The zero-order chi connectivity index (χ0) is 31.6. The lowest BCUT2D eigenvalue weighted by atomic mass is 9.87. The van der Waals surface area contributed by atoms with Crippen molar-refractivity contribution < 1.29 is 28.6 Å². The molecule has 8 nitrogen and oxygen atoms in total. The van der Waals surface area contributed by atoms with Crippen LogP contribution >= 0.6 is 12.2 Å². The average Bonchev–Trinajstić information content (AvgIpc) is 3.51.